The summed E-state index contributed by atoms with van der Waals surface area (Å²) < 4.78 is 29.5. The molecule has 3 rings (SSSR count). The number of para-hydroxylation sites is 1. The number of piperidine rings is 1. The first-order valence-electron chi connectivity index (χ1n) is 7.04. The largest absolute Gasteiger partial charge is 0.434 e. The molecule has 0 radical (unpaired) electrons. The highest BCUT2D eigenvalue weighted by atomic mass is 19.3. The van der Waals surface area contributed by atoms with Gasteiger partial charge in [0.15, 0.2) is 0 Å². The van der Waals surface area contributed by atoms with Gasteiger partial charge in [-0.1, -0.05) is 12.1 Å². The highest BCUT2D eigenvalue weighted by Gasteiger charge is 2.19. The van der Waals surface area contributed by atoms with E-state index in [1.165, 1.54) is 6.07 Å². The summed E-state index contributed by atoms with van der Waals surface area (Å²) in [5, 5.41) is 3.31. The lowest BCUT2D eigenvalue weighted by molar-refractivity contribution is -0.0494. The molecule has 1 aromatic heterocycles. The molecule has 0 unspecified atom stereocenters. The van der Waals surface area contributed by atoms with E-state index in [9.17, 15) is 8.78 Å². The van der Waals surface area contributed by atoms with E-state index in [4.69, 9.17) is 0 Å². The molecule has 4 nitrogen and oxygen atoms in total. The molecular weight excluding hydrogens is 276 g/mol. The fraction of sp³-hybridized carbons (Fsp3) is 0.400. The van der Waals surface area contributed by atoms with E-state index < -0.39 is 6.61 Å². The average molecular weight is 293 g/mol. The number of H-pyrrole nitrogens is 1. The minimum atomic E-state index is -2.84. The first-order chi connectivity index (χ1) is 10.2. The zero-order chi connectivity index (χ0) is 14.7. The molecule has 0 saturated carbocycles. The summed E-state index contributed by atoms with van der Waals surface area (Å²) in [6.07, 6.45) is 3.75. The average Bonchev–Trinajstić information content (AvgIpc) is 2.98. The number of hydrogen-bond acceptors (Lipinski definition) is 3. The lowest BCUT2D eigenvalue weighted by atomic mass is 9.98. The van der Waals surface area contributed by atoms with Crippen LogP contribution in [0.2, 0.25) is 0 Å². The number of aromatic nitrogens is 2. The topological polar surface area (TPSA) is 49.9 Å². The standard InChI is InChI=1S/C15H17F2N3O/c16-15(17)21-13-4-2-1-3-11(13)12-9-19-14(20-12)10-5-7-18-8-6-10/h1-4,9-10,15,18H,5-8H2,(H,19,20). The Morgan fingerprint density at radius 3 is 2.71 bits per heavy atom. The molecule has 2 N–H and O–H groups in total. The smallest absolute Gasteiger partial charge is 0.387 e. The zero-order valence-corrected chi connectivity index (χ0v) is 11.5. The van der Waals surface area contributed by atoms with Crippen LogP contribution in [0.15, 0.2) is 30.5 Å². The molecule has 0 aliphatic carbocycles. The molecule has 1 aromatic carbocycles. The van der Waals surface area contributed by atoms with Gasteiger partial charge in [-0.3, -0.25) is 0 Å². The minimum absolute atomic E-state index is 0.160. The molecule has 1 saturated heterocycles. The second kappa shape index (κ2) is 6.22. The van der Waals surface area contributed by atoms with Crippen molar-refractivity contribution in [2.75, 3.05) is 13.1 Å². The third-order valence-electron chi connectivity index (χ3n) is 3.71. The third kappa shape index (κ3) is 3.21. The van der Waals surface area contributed by atoms with Crippen LogP contribution in [0.25, 0.3) is 11.3 Å². The highest BCUT2D eigenvalue weighted by molar-refractivity contribution is 5.66. The van der Waals surface area contributed by atoms with E-state index >= 15 is 0 Å². The van der Waals surface area contributed by atoms with Gasteiger partial charge in [-0.25, -0.2) is 4.98 Å². The van der Waals surface area contributed by atoms with Crippen molar-refractivity contribution in [3.8, 4) is 17.0 Å². The van der Waals surface area contributed by atoms with Gasteiger partial charge in [0.25, 0.3) is 0 Å². The molecule has 6 heteroatoms. The highest BCUT2D eigenvalue weighted by Crippen LogP contribution is 2.31. The maximum Gasteiger partial charge on any atom is 0.387 e. The van der Waals surface area contributed by atoms with Crippen LogP contribution >= 0.6 is 0 Å². The monoisotopic (exact) mass is 293 g/mol. The number of imidazole rings is 1. The van der Waals surface area contributed by atoms with Crippen LogP contribution < -0.4 is 10.1 Å². The van der Waals surface area contributed by atoms with E-state index in [0.29, 0.717) is 17.2 Å². The van der Waals surface area contributed by atoms with Crippen molar-refractivity contribution in [1.82, 2.24) is 15.3 Å². The molecule has 1 aliphatic rings. The Morgan fingerprint density at radius 2 is 1.95 bits per heavy atom. The molecule has 2 heterocycles. The molecule has 0 spiro atoms. The van der Waals surface area contributed by atoms with E-state index in [2.05, 4.69) is 20.0 Å². The number of alkyl halides is 2. The van der Waals surface area contributed by atoms with Crippen LogP contribution in [0.3, 0.4) is 0 Å². The van der Waals surface area contributed by atoms with E-state index in [0.717, 1.165) is 31.8 Å². The second-order valence-corrected chi connectivity index (χ2v) is 5.08. The summed E-state index contributed by atoms with van der Waals surface area (Å²) in [7, 11) is 0. The molecule has 21 heavy (non-hydrogen) atoms. The number of benzene rings is 1. The van der Waals surface area contributed by atoms with Crippen LogP contribution in [-0.2, 0) is 0 Å². The number of ether oxygens (including phenoxy) is 1. The Hall–Kier alpha value is -1.95. The van der Waals surface area contributed by atoms with E-state index in [-0.39, 0.29) is 5.75 Å². The normalized spacial score (nSPS) is 16.3. The number of aromatic amines is 1. The van der Waals surface area contributed by atoms with Crippen LogP contribution in [0.5, 0.6) is 5.75 Å². The Morgan fingerprint density at radius 1 is 1.19 bits per heavy atom. The predicted molar refractivity (Wildman–Crippen MR) is 75.5 cm³/mol. The van der Waals surface area contributed by atoms with Crippen LogP contribution in [0.1, 0.15) is 24.6 Å². The summed E-state index contributed by atoms with van der Waals surface area (Å²) in [5.41, 5.74) is 1.31. The summed E-state index contributed by atoms with van der Waals surface area (Å²) in [6.45, 7) is -0.879. The third-order valence-corrected chi connectivity index (χ3v) is 3.71. The van der Waals surface area contributed by atoms with Gasteiger partial charge in [-0.05, 0) is 38.1 Å². The summed E-state index contributed by atoms with van der Waals surface area (Å²) >= 11 is 0. The van der Waals surface area contributed by atoms with Crippen molar-refractivity contribution in [3.05, 3.63) is 36.3 Å². The van der Waals surface area contributed by atoms with Crippen molar-refractivity contribution in [3.63, 3.8) is 0 Å². The number of nitrogens with zero attached hydrogens (tertiary/aromatic N) is 1. The van der Waals surface area contributed by atoms with Gasteiger partial charge in [0.05, 0.1) is 11.9 Å². The van der Waals surface area contributed by atoms with E-state index in [1.54, 1.807) is 24.4 Å². The Kier molecular flexibility index (Phi) is 4.15. The Labute approximate surface area is 121 Å². The predicted octanol–water partition coefficient (Wildman–Crippen LogP) is 3.15. The minimum Gasteiger partial charge on any atom is -0.434 e. The van der Waals surface area contributed by atoms with Crippen molar-refractivity contribution < 1.29 is 13.5 Å². The molecule has 0 amide bonds. The fourth-order valence-electron chi connectivity index (χ4n) is 2.66. The number of halogens is 2. The zero-order valence-electron chi connectivity index (χ0n) is 11.5. The van der Waals surface area contributed by atoms with Gasteiger partial charge < -0.3 is 15.0 Å². The number of nitrogens with one attached hydrogen (secondary N) is 2. The lowest BCUT2D eigenvalue weighted by Crippen LogP contribution is -2.27. The first-order valence-corrected chi connectivity index (χ1v) is 7.04. The number of rotatable bonds is 4. The molecule has 112 valence electrons. The molecule has 0 atom stereocenters. The van der Waals surface area contributed by atoms with Gasteiger partial charge in [0.2, 0.25) is 0 Å². The maximum atomic E-state index is 12.5. The molecule has 1 aliphatic heterocycles. The van der Waals surface area contributed by atoms with Gasteiger partial charge in [0, 0.05) is 11.5 Å². The second-order valence-electron chi connectivity index (χ2n) is 5.08. The maximum absolute atomic E-state index is 12.5. The molecule has 2 aromatic rings. The van der Waals surface area contributed by atoms with Crippen LogP contribution in [0, 0.1) is 0 Å². The Balaban J connectivity index is 1.85. The van der Waals surface area contributed by atoms with Gasteiger partial charge in [-0.2, -0.15) is 8.78 Å². The van der Waals surface area contributed by atoms with E-state index in [1.807, 2.05) is 0 Å². The summed E-state index contributed by atoms with van der Waals surface area (Å²) in [5.74, 6) is 1.47. The lowest BCUT2D eigenvalue weighted by Gasteiger charge is -2.20. The van der Waals surface area contributed by atoms with Crippen molar-refractivity contribution in [1.29, 1.82) is 0 Å². The van der Waals surface area contributed by atoms with Gasteiger partial charge in [0.1, 0.15) is 11.6 Å². The summed E-state index contributed by atoms with van der Waals surface area (Å²) in [4.78, 5) is 7.66. The SMILES string of the molecule is FC(F)Oc1ccccc1-c1cnc(C2CCNCC2)[nH]1. The molecule has 0 bridgehead atoms. The molecular formula is C15H17F2N3O. The van der Waals surface area contributed by atoms with Crippen molar-refractivity contribution in [2.24, 2.45) is 0 Å². The van der Waals surface area contributed by atoms with Crippen LogP contribution in [-0.4, -0.2) is 29.7 Å². The Bertz CT molecular complexity index is 594. The number of hydrogen-bond donors (Lipinski definition) is 2. The van der Waals surface area contributed by atoms with Gasteiger partial charge >= 0.3 is 6.61 Å². The molecule has 1 fully saturated rings. The quantitative estimate of drug-likeness (QED) is 0.910. The first kappa shape index (κ1) is 14.0. The van der Waals surface area contributed by atoms with Gasteiger partial charge in [-0.15, -0.1) is 0 Å². The van der Waals surface area contributed by atoms with Crippen LogP contribution in [0.4, 0.5) is 8.78 Å². The fourth-order valence-corrected chi connectivity index (χ4v) is 2.66. The summed E-state index contributed by atoms with van der Waals surface area (Å²) in [6, 6.07) is 6.74. The van der Waals surface area contributed by atoms with Crippen molar-refractivity contribution in [2.45, 2.75) is 25.4 Å². The van der Waals surface area contributed by atoms with Crippen molar-refractivity contribution >= 4 is 0 Å².